The lowest BCUT2D eigenvalue weighted by molar-refractivity contribution is -0.114. The number of carbonyl (C=O) groups excluding carboxylic acids is 1. The number of ether oxygens (including phenoxy) is 2. The highest BCUT2D eigenvalue weighted by atomic mass is 32.2. The van der Waals surface area contributed by atoms with Gasteiger partial charge in [-0.15, -0.1) is 0 Å². The van der Waals surface area contributed by atoms with E-state index in [0.29, 0.717) is 18.8 Å². The van der Waals surface area contributed by atoms with Crippen molar-refractivity contribution in [1.29, 1.82) is 0 Å². The number of nitrogens with zero attached hydrogens (tertiary/aromatic N) is 2. The van der Waals surface area contributed by atoms with Crippen LogP contribution in [0.3, 0.4) is 0 Å². The molecule has 0 aliphatic carbocycles. The fourth-order valence-corrected chi connectivity index (χ4v) is 6.08. The molecule has 34 heavy (non-hydrogen) atoms. The molecular weight excluding hydrogens is 482 g/mol. The van der Waals surface area contributed by atoms with Crippen LogP contribution in [0.2, 0.25) is 0 Å². The standard InChI is InChI=1S/C22H29N3O7S2/c1-31-18-9-7-8-17(14-18)25(33(3,27)28)16-22(26)23-20-15-19(10-11-21(20)32-2)34(29,30)24-12-5-4-6-13-24/h7-11,14-15H,4-6,12-13,16H2,1-3H3,(H,23,26). The van der Waals surface area contributed by atoms with Crippen molar-refractivity contribution in [2.24, 2.45) is 0 Å². The Kier molecular flexibility index (Phi) is 8.05. The van der Waals surface area contributed by atoms with E-state index >= 15 is 0 Å². The van der Waals surface area contributed by atoms with Gasteiger partial charge in [-0.1, -0.05) is 12.5 Å². The summed E-state index contributed by atoms with van der Waals surface area (Å²) in [5, 5.41) is 2.59. The van der Waals surface area contributed by atoms with Crippen molar-refractivity contribution in [2.75, 3.05) is 49.7 Å². The summed E-state index contributed by atoms with van der Waals surface area (Å²) in [6, 6.07) is 10.5. The molecule has 1 fully saturated rings. The number of methoxy groups -OCH3 is 2. The van der Waals surface area contributed by atoms with E-state index in [4.69, 9.17) is 9.47 Å². The lowest BCUT2D eigenvalue weighted by atomic mass is 10.2. The number of piperidine rings is 1. The summed E-state index contributed by atoms with van der Waals surface area (Å²) in [5.41, 5.74) is 0.384. The predicted molar refractivity (Wildman–Crippen MR) is 129 cm³/mol. The van der Waals surface area contributed by atoms with Gasteiger partial charge in [0.15, 0.2) is 0 Å². The highest BCUT2D eigenvalue weighted by Gasteiger charge is 2.27. The first-order valence-corrected chi connectivity index (χ1v) is 13.9. The molecule has 1 N–H and O–H groups in total. The fraction of sp³-hybridized carbons (Fsp3) is 0.409. The van der Waals surface area contributed by atoms with Gasteiger partial charge in [0.1, 0.15) is 18.0 Å². The zero-order chi connectivity index (χ0) is 24.9. The van der Waals surface area contributed by atoms with Gasteiger partial charge in [-0.3, -0.25) is 9.10 Å². The van der Waals surface area contributed by atoms with Gasteiger partial charge >= 0.3 is 0 Å². The third-order valence-corrected chi connectivity index (χ3v) is 8.46. The molecule has 0 aromatic heterocycles. The number of benzene rings is 2. The Morgan fingerprint density at radius 3 is 2.32 bits per heavy atom. The van der Waals surface area contributed by atoms with Gasteiger partial charge in [0, 0.05) is 19.2 Å². The molecule has 0 radical (unpaired) electrons. The van der Waals surface area contributed by atoms with E-state index in [-0.39, 0.29) is 22.0 Å². The Bertz CT molecular complexity index is 1240. The lowest BCUT2D eigenvalue weighted by Gasteiger charge is -2.26. The van der Waals surface area contributed by atoms with Gasteiger partial charge in [0.2, 0.25) is 26.0 Å². The summed E-state index contributed by atoms with van der Waals surface area (Å²) in [6.45, 7) is 0.359. The maximum atomic E-state index is 13.1. The number of amides is 1. The summed E-state index contributed by atoms with van der Waals surface area (Å²) >= 11 is 0. The number of hydrogen-bond donors (Lipinski definition) is 1. The Morgan fingerprint density at radius 1 is 1.00 bits per heavy atom. The van der Waals surface area contributed by atoms with Crippen molar-refractivity contribution in [1.82, 2.24) is 4.31 Å². The van der Waals surface area contributed by atoms with Crippen LogP contribution < -0.4 is 19.1 Å². The number of rotatable bonds is 9. The molecular formula is C22H29N3O7S2. The molecule has 2 aromatic carbocycles. The third kappa shape index (κ3) is 5.99. The van der Waals surface area contributed by atoms with Crippen LogP contribution in [-0.2, 0) is 24.8 Å². The van der Waals surface area contributed by atoms with Crippen LogP contribution in [0.1, 0.15) is 19.3 Å². The minimum absolute atomic E-state index is 0.0262. The summed E-state index contributed by atoms with van der Waals surface area (Å²) in [4.78, 5) is 12.9. The SMILES string of the molecule is COc1cccc(N(CC(=O)Nc2cc(S(=O)(=O)N3CCCCC3)ccc2OC)S(C)(=O)=O)c1. The first-order valence-electron chi connectivity index (χ1n) is 10.7. The molecule has 1 aliphatic rings. The first-order chi connectivity index (χ1) is 16.1. The van der Waals surface area contributed by atoms with E-state index in [1.165, 1.54) is 42.8 Å². The van der Waals surface area contributed by atoms with Gasteiger partial charge in [-0.05, 0) is 43.2 Å². The van der Waals surface area contributed by atoms with Crippen LogP contribution in [0, 0.1) is 0 Å². The topological polar surface area (TPSA) is 122 Å². The minimum Gasteiger partial charge on any atom is -0.497 e. The first kappa shape index (κ1) is 25.8. The van der Waals surface area contributed by atoms with Gasteiger partial charge in [-0.25, -0.2) is 16.8 Å². The zero-order valence-corrected chi connectivity index (χ0v) is 21.0. The molecule has 0 spiro atoms. The maximum absolute atomic E-state index is 13.1. The number of anilines is 2. The fourth-order valence-electron chi connectivity index (χ4n) is 3.69. The monoisotopic (exact) mass is 511 g/mol. The van der Waals surface area contributed by atoms with Gasteiger partial charge in [0.05, 0.1) is 36.7 Å². The van der Waals surface area contributed by atoms with E-state index in [1.807, 2.05) is 0 Å². The second-order valence-electron chi connectivity index (χ2n) is 7.85. The molecule has 186 valence electrons. The summed E-state index contributed by atoms with van der Waals surface area (Å²) in [7, 11) is -4.70. The van der Waals surface area contributed by atoms with E-state index < -0.39 is 32.5 Å². The molecule has 0 bridgehead atoms. The lowest BCUT2D eigenvalue weighted by Crippen LogP contribution is -2.37. The maximum Gasteiger partial charge on any atom is 0.245 e. The van der Waals surface area contributed by atoms with E-state index in [9.17, 15) is 21.6 Å². The number of sulfonamides is 2. The largest absolute Gasteiger partial charge is 0.497 e. The van der Waals surface area contributed by atoms with Crippen LogP contribution in [-0.4, -0.2) is 67.2 Å². The molecule has 2 aromatic rings. The highest BCUT2D eigenvalue weighted by Crippen LogP contribution is 2.30. The molecule has 1 amide bonds. The normalized spacial score (nSPS) is 14.9. The van der Waals surface area contributed by atoms with Crippen molar-refractivity contribution < 1.29 is 31.1 Å². The molecule has 1 aliphatic heterocycles. The molecule has 0 saturated carbocycles. The summed E-state index contributed by atoms with van der Waals surface area (Å²) in [6.07, 6.45) is 3.57. The van der Waals surface area contributed by atoms with E-state index in [0.717, 1.165) is 29.8 Å². The smallest absolute Gasteiger partial charge is 0.245 e. The van der Waals surface area contributed by atoms with E-state index in [1.54, 1.807) is 18.2 Å². The van der Waals surface area contributed by atoms with Crippen molar-refractivity contribution >= 4 is 37.3 Å². The molecule has 0 atom stereocenters. The molecule has 1 saturated heterocycles. The average molecular weight is 512 g/mol. The van der Waals surface area contributed by atoms with Crippen LogP contribution in [0.4, 0.5) is 11.4 Å². The van der Waals surface area contributed by atoms with Gasteiger partial charge in [0.25, 0.3) is 0 Å². The van der Waals surface area contributed by atoms with Crippen LogP contribution in [0.5, 0.6) is 11.5 Å². The Balaban J connectivity index is 1.87. The Hall–Kier alpha value is -2.83. The van der Waals surface area contributed by atoms with Crippen molar-refractivity contribution in [3.8, 4) is 11.5 Å². The quantitative estimate of drug-likeness (QED) is 0.548. The van der Waals surface area contributed by atoms with Gasteiger partial charge in [-0.2, -0.15) is 4.31 Å². The number of nitrogens with one attached hydrogen (secondary N) is 1. The summed E-state index contributed by atoms with van der Waals surface area (Å²) < 4.78 is 63.7. The van der Waals surface area contributed by atoms with Gasteiger partial charge < -0.3 is 14.8 Å². The number of hydrogen-bond acceptors (Lipinski definition) is 7. The predicted octanol–water partition coefficient (Wildman–Crippen LogP) is 2.28. The van der Waals surface area contributed by atoms with Crippen LogP contribution >= 0.6 is 0 Å². The second-order valence-corrected chi connectivity index (χ2v) is 11.7. The Morgan fingerprint density at radius 2 is 1.71 bits per heavy atom. The third-order valence-electron chi connectivity index (χ3n) is 5.43. The Labute approximate surface area is 200 Å². The van der Waals surface area contributed by atoms with Crippen molar-refractivity contribution in [3.63, 3.8) is 0 Å². The molecule has 10 nitrogen and oxygen atoms in total. The van der Waals surface area contributed by atoms with Crippen molar-refractivity contribution in [2.45, 2.75) is 24.2 Å². The molecule has 3 rings (SSSR count). The summed E-state index contributed by atoms with van der Waals surface area (Å²) in [5.74, 6) is 0.0149. The van der Waals surface area contributed by atoms with Crippen LogP contribution in [0.15, 0.2) is 47.4 Å². The molecule has 1 heterocycles. The van der Waals surface area contributed by atoms with E-state index in [2.05, 4.69) is 5.32 Å². The molecule has 0 unspecified atom stereocenters. The average Bonchev–Trinajstić information content (AvgIpc) is 2.82. The molecule has 12 heteroatoms. The second kappa shape index (κ2) is 10.6. The number of carbonyl (C=O) groups is 1. The highest BCUT2D eigenvalue weighted by molar-refractivity contribution is 7.92. The van der Waals surface area contributed by atoms with Crippen LogP contribution in [0.25, 0.3) is 0 Å². The zero-order valence-electron chi connectivity index (χ0n) is 19.4. The van der Waals surface area contributed by atoms with Crippen molar-refractivity contribution in [3.05, 3.63) is 42.5 Å². The minimum atomic E-state index is -3.81.